The summed E-state index contributed by atoms with van der Waals surface area (Å²) in [6.45, 7) is 4.43. The molecule has 0 bridgehead atoms. The van der Waals surface area contributed by atoms with E-state index in [2.05, 4.69) is 26.5 Å². The predicted octanol–water partition coefficient (Wildman–Crippen LogP) is 4.74. The van der Waals surface area contributed by atoms with Crippen LogP contribution in [0.4, 0.5) is 0 Å². The van der Waals surface area contributed by atoms with Crippen molar-refractivity contribution in [2.24, 2.45) is 0 Å². The first-order chi connectivity index (χ1) is 17.5. The van der Waals surface area contributed by atoms with Crippen LogP contribution in [0.1, 0.15) is 43.4 Å². The van der Waals surface area contributed by atoms with E-state index in [1.54, 1.807) is 22.9 Å². The number of pyridine rings is 2. The van der Waals surface area contributed by atoms with Crippen LogP contribution >= 0.6 is 0 Å². The number of nitrogens with zero attached hydrogens (tertiary/aromatic N) is 4. The Morgan fingerprint density at radius 2 is 1.94 bits per heavy atom. The summed E-state index contributed by atoms with van der Waals surface area (Å²) < 4.78 is 7.19. The van der Waals surface area contributed by atoms with E-state index in [0.29, 0.717) is 23.4 Å². The molecular weight excluding hydrogens is 454 g/mol. The lowest BCUT2D eigenvalue weighted by atomic mass is 9.97. The van der Waals surface area contributed by atoms with E-state index in [9.17, 15) is 9.59 Å². The number of aromatic nitrogens is 4. The number of aryl methyl sites for hydroxylation is 2. The fourth-order valence-electron chi connectivity index (χ4n) is 4.60. The maximum absolute atomic E-state index is 13.4. The minimum absolute atomic E-state index is 0.0259. The van der Waals surface area contributed by atoms with Gasteiger partial charge < -0.3 is 14.4 Å². The summed E-state index contributed by atoms with van der Waals surface area (Å²) in [5.74, 6) is 0.377. The number of fused-ring (bicyclic) bond motifs is 1. The van der Waals surface area contributed by atoms with Crippen LogP contribution in [0.25, 0.3) is 33.9 Å². The van der Waals surface area contributed by atoms with Gasteiger partial charge in [0.1, 0.15) is 17.8 Å². The molecule has 8 nitrogen and oxygen atoms in total. The number of hydrogen-bond donors (Lipinski definition) is 1. The summed E-state index contributed by atoms with van der Waals surface area (Å²) in [7, 11) is 0. The van der Waals surface area contributed by atoms with Gasteiger partial charge in [0.05, 0.1) is 5.39 Å². The number of carbonyl (C=O) groups excluding carboxylic acids is 1. The van der Waals surface area contributed by atoms with Gasteiger partial charge in [-0.25, -0.2) is 4.98 Å². The van der Waals surface area contributed by atoms with Crippen molar-refractivity contribution in [2.45, 2.75) is 52.5 Å². The molecule has 36 heavy (non-hydrogen) atoms. The van der Waals surface area contributed by atoms with E-state index < -0.39 is 0 Å². The maximum Gasteiger partial charge on any atom is 0.263 e. The Labute approximate surface area is 209 Å². The molecule has 3 aromatic heterocycles. The highest BCUT2D eigenvalue weighted by molar-refractivity contribution is 5.83. The third-order valence-corrected chi connectivity index (χ3v) is 6.57. The van der Waals surface area contributed by atoms with Crippen LogP contribution < -0.4 is 10.7 Å². The Kier molecular flexibility index (Phi) is 6.75. The number of hydrogen-bond acceptors (Lipinski definition) is 6. The Hall–Kier alpha value is -4.07. The maximum atomic E-state index is 13.4. The molecule has 0 spiro atoms. The molecule has 3 heterocycles. The van der Waals surface area contributed by atoms with Crippen LogP contribution in [-0.4, -0.2) is 32.1 Å². The molecule has 1 aliphatic rings. The van der Waals surface area contributed by atoms with Crippen molar-refractivity contribution in [2.75, 3.05) is 6.54 Å². The second-order valence-corrected chi connectivity index (χ2v) is 9.27. The number of rotatable bonds is 7. The lowest BCUT2D eigenvalue weighted by Gasteiger charge is -2.14. The summed E-state index contributed by atoms with van der Waals surface area (Å²) in [6, 6.07) is 11.2. The number of allylic oxidation sites excluding steroid dienone is 1. The van der Waals surface area contributed by atoms with Gasteiger partial charge in [-0.15, -0.1) is 0 Å². The summed E-state index contributed by atoms with van der Waals surface area (Å²) in [5.41, 5.74) is 4.43. The van der Waals surface area contributed by atoms with Crippen LogP contribution in [0, 0.1) is 13.8 Å². The minimum Gasteiger partial charge on any atom is -0.354 e. The monoisotopic (exact) mass is 483 g/mol. The van der Waals surface area contributed by atoms with Crippen molar-refractivity contribution in [3.8, 4) is 22.8 Å². The van der Waals surface area contributed by atoms with E-state index in [1.165, 1.54) is 18.4 Å². The number of carbonyl (C=O) groups is 1. The third-order valence-electron chi connectivity index (χ3n) is 6.57. The lowest BCUT2D eigenvalue weighted by Crippen LogP contribution is -2.29. The zero-order valence-electron chi connectivity index (χ0n) is 20.6. The largest absolute Gasteiger partial charge is 0.354 e. The highest BCUT2D eigenvalue weighted by atomic mass is 16.5. The fourth-order valence-corrected chi connectivity index (χ4v) is 4.60. The molecule has 0 unspecified atom stereocenters. The molecular formula is C28H29N5O3. The minimum atomic E-state index is -0.265. The van der Waals surface area contributed by atoms with Gasteiger partial charge in [0, 0.05) is 24.0 Å². The van der Waals surface area contributed by atoms with Crippen molar-refractivity contribution in [3.63, 3.8) is 0 Å². The SMILES string of the molecule is Cc1ccc2c(=O)c(-c3nc(-c4ccccc4C)no3)cn(CC(=O)NCCC3=CCCCC3)c2n1. The molecule has 1 N–H and O–H groups in total. The van der Waals surface area contributed by atoms with E-state index in [4.69, 9.17) is 4.52 Å². The molecule has 5 rings (SSSR count). The average molecular weight is 484 g/mol. The van der Waals surface area contributed by atoms with Gasteiger partial charge in [-0.05, 0) is 63.6 Å². The zero-order valence-corrected chi connectivity index (χ0v) is 20.6. The number of nitrogens with one attached hydrogen (secondary N) is 1. The molecule has 0 radical (unpaired) electrons. The van der Waals surface area contributed by atoms with E-state index in [1.807, 2.05) is 38.1 Å². The molecule has 184 valence electrons. The molecule has 8 heteroatoms. The molecule has 1 aliphatic carbocycles. The Balaban J connectivity index is 1.44. The van der Waals surface area contributed by atoms with Gasteiger partial charge >= 0.3 is 0 Å². The quantitative estimate of drug-likeness (QED) is 0.381. The highest BCUT2D eigenvalue weighted by Crippen LogP contribution is 2.24. The zero-order chi connectivity index (χ0) is 25.1. The van der Waals surface area contributed by atoms with Gasteiger partial charge in [0.2, 0.25) is 17.2 Å². The summed E-state index contributed by atoms with van der Waals surface area (Å²) in [6.07, 6.45) is 9.45. The van der Waals surface area contributed by atoms with E-state index in [0.717, 1.165) is 36.1 Å². The van der Waals surface area contributed by atoms with Crippen molar-refractivity contribution in [1.29, 1.82) is 0 Å². The van der Waals surface area contributed by atoms with Crippen molar-refractivity contribution >= 4 is 16.9 Å². The van der Waals surface area contributed by atoms with Crippen LogP contribution in [0.15, 0.2) is 63.6 Å². The van der Waals surface area contributed by atoms with Gasteiger partial charge in [-0.1, -0.05) is 41.1 Å². The average Bonchev–Trinajstić information content (AvgIpc) is 3.36. The normalized spacial score (nSPS) is 13.6. The molecule has 0 aliphatic heterocycles. The smallest absolute Gasteiger partial charge is 0.263 e. The van der Waals surface area contributed by atoms with Gasteiger partial charge in [-0.3, -0.25) is 9.59 Å². The Morgan fingerprint density at radius 3 is 2.75 bits per heavy atom. The molecule has 0 saturated heterocycles. The van der Waals surface area contributed by atoms with Gasteiger partial charge in [-0.2, -0.15) is 4.98 Å². The highest BCUT2D eigenvalue weighted by Gasteiger charge is 2.19. The fraction of sp³-hybridized carbons (Fsp3) is 0.321. The van der Waals surface area contributed by atoms with Crippen LogP contribution in [-0.2, 0) is 11.3 Å². The standard InChI is InChI=1S/C28H29N5O3/c1-18-8-6-7-11-21(18)26-31-28(36-32-26)23-16-33(27-22(25(23)35)13-12-19(2)30-27)17-24(34)29-15-14-20-9-4-3-5-10-20/h6-9,11-13,16H,3-5,10,14-15,17H2,1-2H3,(H,29,34). The first-order valence-electron chi connectivity index (χ1n) is 12.3. The van der Waals surface area contributed by atoms with Crippen LogP contribution in [0.3, 0.4) is 0 Å². The Morgan fingerprint density at radius 1 is 1.08 bits per heavy atom. The first kappa shape index (κ1) is 23.7. The molecule has 0 atom stereocenters. The first-order valence-corrected chi connectivity index (χ1v) is 12.3. The third kappa shape index (κ3) is 4.98. The second kappa shape index (κ2) is 10.3. The van der Waals surface area contributed by atoms with Crippen LogP contribution in [0.2, 0.25) is 0 Å². The van der Waals surface area contributed by atoms with E-state index in [-0.39, 0.29) is 29.3 Å². The van der Waals surface area contributed by atoms with Crippen molar-refractivity contribution in [1.82, 2.24) is 25.0 Å². The predicted molar refractivity (Wildman–Crippen MR) is 138 cm³/mol. The molecule has 1 amide bonds. The topological polar surface area (TPSA) is 103 Å². The summed E-state index contributed by atoms with van der Waals surface area (Å²) in [5, 5.41) is 7.50. The van der Waals surface area contributed by atoms with Crippen molar-refractivity contribution < 1.29 is 9.32 Å². The Bertz CT molecular complexity index is 1520. The molecule has 1 aromatic carbocycles. The van der Waals surface area contributed by atoms with Crippen molar-refractivity contribution in [3.05, 3.63) is 75.7 Å². The number of amides is 1. The van der Waals surface area contributed by atoms with Gasteiger partial charge in [0.15, 0.2) is 0 Å². The van der Waals surface area contributed by atoms with Crippen LogP contribution in [0.5, 0.6) is 0 Å². The summed E-state index contributed by atoms with van der Waals surface area (Å²) in [4.78, 5) is 35.2. The number of benzene rings is 1. The molecule has 4 aromatic rings. The lowest BCUT2D eigenvalue weighted by molar-refractivity contribution is -0.121. The molecule has 0 fully saturated rings. The summed E-state index contributed by atoms with van der Waals surface area (Å²) >= 11 is 0. The van der Waals surface area contributed by atoms with E-state index >= 15 is 0 Å². The molecule has 0 saturated carbocycles. The second-order valence-electron chi connectivity index (χ2n) is 9.27. The van der Waals surface area contributed by atoms with Gasteiger partial charge in [0.25, 0.3) is 5.89 Å².